The highest BCUT2D eigenvalue weighted by Crippen LogP contribution is 2.39. The first-order valence-electron chi connectivity index (χ1n) is 11.1. The first kappa shape index (κ1) is 24.8. The van der Waals surface area contributed by atoms with Crippen molar-refractivity contribution in [3.8, 4) is 5.75 Å². The lowest BCUT2D eigenvalue weighted by Gasteiger charge is -2.15. The highest BCUT2D eigenvalue weighted by Gasteiger charge is 2.28. The van der Waals surface area contributed by atoms with Crippen LogP contribution >= 0.6 is 38.9 Å². The van der Waals surface area contributed by atoms with Crippen LogP contribution in [0.25, 0.3) is 0 Å². The molecule has 1 aliphatic rings. The summed E-state index contributed by atoms with van der Waals surface area (Å²) in [7, 11) is 0. The maximum atomic E-state index is 13.0. The molecule has 0 bridgehead atoms. The fraction of sp³-hybridized carbons (Fsp3) is 0.375. The van der Waals surface area contributed by atoms with E-state index in [-0.39, 0.29) is 24.5 Å². The Bertz CT molecular complexity index is 1210. The van der Waals surface area contributed by atoms with Crippen LogP contribution in [0.3, 0.4) is 0 Å². The Kier molecular flexibility index (Phi) is 7.95. The fourth-order valence-corrected chi connectivity index (χ4v) is 5.65. The molecule has 1 amide bonds. The average molecular weight is 567 g/mol. The quantitative estimate of drug-likeness (QED) is 0.316. The number of ether oxygens (including phenoxy) is 2. The summed E-state index contributed by atoms with van der Waals surface area (Å²) in [5, 5.41) is 8.19. The molecule has 2 heterocycles. The summed E-state index contributed by atoms with van der Waals surface area (Å²) in [6, 6.07) is 6.92. The van der Waals surface area contributed by atoms with E-state index in [0.29, 0.717) is 21.3 Å². The van der Waals surface area contributed by atoms with Crippen LogP contribution in [0.2, 0.25) is 5.02 Å². The zero-order chi connectivity index (χ0) is 24.2. The number of fused-ring (bicyclic) bond motifs is 1. The standard InChI is InChI=1S/C24H25BrClN3O4S/c1-3-14(2)33-24(31)21-16-6-4-5-7-20(16)34-23(21)27-22(30)18-10-11-29(28-18)13-32-19-9-8-15(25)12-17(19)26/h8-12,14H,3-7,13H2,1-2H3,(H,27,30). The molecule has 0 spiro atoms. The van der Waals surface area contributed by atoms with E-state index in [0.717, 1.165) is 47.0 Å². The zero-order valence-corrected chi connectivity index (χ0v) is 22.1. The molecule has 7 nitrogen and oxygen atoms in total. The number of thiophene rings is 1. The molecule has 3 aromatic rings. The maximum absolute atomic E-state index is 13.0. The molecule has 34 heavy (non-hydrogen) atoms. The van der Waals surface area contributed by atoms with Gasteiger partial charge in [-0.15, -0.1) is 11.3 Å². The second-order valence-electron chi connectivity index (χ2n) is 8.08. The van der Waals surface area contributed by atoms with Crippen molar-refractivity contribution in [1.82, 2.24) is 9.78 Å². The molecule has 4 rings (SSSR count). The van der Waals surface area contributed by atoms with Gasteiger partial charge in [0.05, 0.1) is 16.7 Å². The summed E-state index contributed by atoms with van der Waals surface area (Å²) in [6.07, 6.45) is 6.01. The summed E-state index contributed by atoms with van der Waals surface area (Å²) >= 11 is 11.0. The fourth-order valence-electron chi connectivity index (χ4n) is 3.64. The van der Waals surface area contributed by atoms with Crippen molar-refractivity contribution in [1.29, 1.82) is 0 Å². The Balaban J connectivity index is 1.48. The topological polar surface area (TPSA) is 82.5 Å². The van der Waals surface area contributed by atoms with Crippen LogP contribution in [0, 0.1) is 0 Å². The Morgan fingerprint density at radius 2 is 2.09 bits per heavy atom. The lowest BCUT2D eigenvalue weighted by Crippen LogP contribution is -2.19. The van der Waals surface area contributed by atoms with E-state index in [2.05, 4.69) is 26.3 Å². The normalized spacial score (nSPS) is 13.8. The number of benzene rings is 1. The third kappa shape index (κ3) is 5.64. The molecule has 1 aromatic carbocycles. The molecule has 0 saturated heterocycles. The number of rotatable bonds is 8. The van der Waals surface area contributed by atoms with Crippen molar-refractivity contribution < 1.29 is 19.1 Å². The van der Waals surface area contributed by atoms with Crippen molar-refractivity contribution in [2.75, 3.05) is 5.32 Å². The number of esters is 1. The highest BCUT2D eigenvalue weighted by atomic mass is 79.9. The first-order valence-corrected chi connectivity index (χ1v) is 13.1. The minimum absolute atomic E-state index is 0.0917. The van der Waals surface area contributed by atoms with E-state index in [1.807, 2.05) is 19.9 Å². The average Bonchev–Trinajstić information content (AvgIpc) is 3.42. The Morgan fingerprint density at radius 1 is 1.29 bits per heavy atom. The van der Waals surface area contributed by atoms with Crippen LogP contribution in [-0.4, -0.2) is 27.8 Å². The molecule has 180 valence electrons. The SMILES string of the molecule is CCC(C)OC(=O)c1c(NC(=O)c2ccn(COc3ccc(Br)cc3Cl)n2)sc2c1CCCC2. The number of amides is 1. The molecule has 1 N–H and O–H groups in total. The summed E-state index contributed by atoms with van der Waals surface area (Å²) in [6.45, 7) is 3.92. The van der Waals surface area contributed by atoms with Crippen molar-refractivity contribution in [2.45, 2.75) is 58.8 Å². The molecule has 2 aromatic heterocycles. The number of aromatic nitrogens is 2. The summed E-state index contributed by atoms with van der Waals surface area (Å²) in [5.41, 5.74) is 1.71. The number of hydrogen-bond acceptors (Lipinski definition) is 6. The van der Waals surface area contributed by atoms with E-state index >= 15 is 0 Å². The number of carbonyl (C=O) groups is 2. The number of anilines is 1. The summed E-state index contributed by atoms with van der Waals surface area (Å²) < 4.78 is 13.7. The van der Waals surface area contributed by atoms with Gasteiger partial charge in [-0.2, -0.15) is 5.10 Å². The second kappa shape index (κ2) is 10.9. The smallest absolute Gasteiger partial charge is 0.341 e. The number of nitrogens with zero attached hydrogens (tertiary/aromatic N) is 2. The summed E-state index contributed by atoms with van der Waals surface area (Å²) in [5.74, 6) is -0.258. The first-order chi connectivity index (χ1) is 16.4. The molecule has 10 heteroatoms. The summed E-state index contributed by atoms with van der Waals surface area (Å²) in [4.78, 5) is 27.0. The molecule has 1 unspecified atom stereocenters. The molecule has 0 fully saturated rings. The highest BCUT2D eigenvalue weighted by molar-refractivity contribution is 9.10. The third-order valence-corrected chi connectivity index (χ3v) is 7.60. The Hall–Kier alpha value is -2.36. The van der Waals surface area contributed by atoms with Gasteiger partial charge in [-0.25, -0.2) is 9.48 Å². The molecule has 0 radical (unpaired) electrons. The van der Waals surface area contributed by atoms with Crippen molar-refractivity contribution in [3.63, 3.8) is 0 Å². The van der Waals surface area contributed by atoms with Gasteiger partial charge >= 0.3 is 5.97 Å². The molecular formula is C24H25BrClN3O4S. The van der Waals surface area contributed by atoms with E-state index in [1.54, 1.807) is 24.4 Å². The van der Waals surface area contributed by atoms with Gasteiger partial charge in [0.15, 0.2) is 12.4 Å². The van der Waals surface area contributed by atoms with Gasteiger partial charge in [-0.1, -0.05) is 34.5 Å². The predicted octanol–water partition coefficient (Wildman–Crippen LogP) is 6.48. The molecule has 0 aliphatic heterocycles. The van der Waals surface area contributed by atoms with Gasteiger partial charge in [-0.05, 0) is 68.9 Å². The lowest BCUT2D eigenvalue weighted by atomic mass is 9.95. The molecule has 1 aliphatic carbocycles. The van der Waals surface area contributed by atoms with Crippen molar-refractivity contribution in [2.24, 2.45) is 0 Å². The van der Waals surface area contributed by atoms with Crippen LogP contribution in [0.4, 0.5) is 5.00 Å². The number of halogens is 2. The van der Waals surface area contributed by atoms with Crippen molar-refractivity contribution in [3.05, 3.63) is 61.7 Å². The monoisotopic (exact) mass is 565 g/mol. The van der Waals surface area contributed by atoms with Crippen LogP contribution < -0.4 is 10.1 Å². The third-order valence-electron chi connectivity index (χ3n) is 5.61. The minimum atomic E-state index is -0.392. The van der Waals surface area contributed by atoms with E-state index < -0.39 is 5.91 Å². The number of carbonyl (C=O) groups excluding carboxylic acids is 2. The lowest BCUT2D eigenvalue weighted by molar-refractivity contribution is 0.0335. The van der Waals surface area contributed by atoms with Gasteiger partial charge in [0.25, 0.3) is 5.91 Å². The Morgan fingerprint density at radius 3 is 2.85 bits per heavy atom. The molecule has 0 saturated carbocycles. The number of aryl methyl sites for hydroxylation is 1. The zero-order valence-electron chi connectivity index (χ0n) is 18.9. The number of nitrogens with one attached hydrogen (secondary N) is 1. The van der Waals surface area contributed by atoms with Crippen LogP contribution in [0.15, 0.2) is 34.9 Å². The van der Waals surface area contributed by atoms with E-state index in [9.17, 15) is 9.59 Å². The predicted molar refractivity (Wildman–Crippen MR) is 136 cm³/mol. The molecule has 1 atom stereocenters. The van der Waals surface area contributed by atoms with E-state index in [1.165, 1.54) is 16.0 Å². The van der Waals surface area contributed by atoms with Gasteiger partial charge in [0, 0.05) is 15.5 Å². The maximum Gasteiger partial charge on any atom is 0.341 e. The van der Waals surface area contributed by atoms with Gasteiger partial charge < -0.3 is 14.8 Å². The minimum Gasteiger partial charge on any atom is -0.470 e. The van der Waals surface area contributed by atoms with Gasteiger partial charge in [0.1, 0.15) is 10.8 Å². The molecular weight excluding hydrogens is 542 g/mol. The van der Waals surface area contributed by atoms with Crippen LogP contribution in [0.1, 0.15) is 64.4 Å². The van der Waals surface area contributed by atoms with Gasteiger partial charge in [-0.3, -0.25) is 4.79 Å². The van der Waals surface area contributed by atoms with Crippen LogP contribution in [-0.2, 0) is 24.3 Å². The number of hydrogen-bond donors (Lipinski definition) is 1. The Labute approximate surface area is 215 Å². The van der Waals surface area contributed by atoms with E-state index in [4.69, 9.17) is 21.1 Å². The second-order valence-corrected chi connectivity index (χ2v) is 10.5. The van der Waals surface area contributed by atoms with Gasteiger partial charge in [0.2, 0.25) is 0 Å². The van der Waals surface area contributed by atoms with Crippen LogP contribution in [0.5, 0.6) is 5.75 Å². The van der Waals surface area contributed by atoms with Crippen molar-refractivity contribution >= 4 is 55.7 Å². The largest absolute Gasteiger partial charge is 0.470 e.